The largest absolute Gasteiger partial charge is 0.505 e. The van der Waals surface area contributed by atoms with E-state index in [1.807, 2.05) is 18.2 Å². The molecule has 1 aromatic heterocycles. The standard InChI is InChI=1S/C15H14ClN3O/c1-2-4-10-5-3-6-14(15(10)20)19-17-12-8-7-11(16)9-13(12)18-19/h3,5-9,20H,2,4H2,1H3. The molecule has 0 fully saturated rings. The molecule has 2 aromatic carbocycles. The Hall–Kier alpha value is -2.07. The second-order valence-corrected chi connectivity index (χ2v) is 5.09. The Morgan fingerprint density at radius 3 is 2.75 bits per heavy atom. The van der Waals surface area contributed by atoms with Gasteiger partial charge in [0.15, 0.2) is 0 Å². The fourth-order valence-electron chi connectivity index (χ4n) is 2.21. The molecule has 1 N–H and O–H groups in total. The highest BCUT2D eigenvalue weighted by Crippen LogP contribution is 2.27. The molecule has 0 aliphatic carbocycles. The second-order valence-electron chi connectivity index (χ2n) is 4.66. The van der Waals surface area contributed by atoms with Crippen LogP contribution in [0.3, 0.4) is 0 Å². The fourth-order valence-corrected chi connectivity index (χ4v) is 2.37. The molecule has 0 bridgehead atoms. The summed E-state index contributed by atoms with van der Waals surface area (Å²) in [6.45, 7) is 2.08. The van der Waals surface area contributed by atoms with E-state index in [2.05, 4.69) is 17.1 Å². The van der Waals surface area contributed by atoms with Gasteiger partial charge >= 0.3 is 0 Å². The van der Waals surface area contributed by atoms with Gasteiger partial charge in [-0.25, -0.2) is 0 Å². The predicted molar refractivity (Wildman–Crippen MR) is 79.5 cm³/mol. The molecule has 0 atom stereocenters. The third-order valence-corrected chi connectivity index (χ3v) is 3.41. The predicted octanol–water partition coefficient (Wildman–Crippen LogP) is 3.73. The van der Waals surface area contributed by atoms with Gasteiger partial charge in [-0.3, -0.25) is 0 Å². The summed E-state index contributed by atoms with van der Waals surface area (Å²) in [4.78, 5) is 1.45. The molecule has 4 nitrogen and oxygen atoms in total. The van der Waals surface area contributed by atoms with Crippen molar-refractivity contribution < 1.29 is 5.11 Å². The Bertz CT molecular complexity index is 767. The van der Waals surface area contributed by atoms with Gasteiger partial charge < -0.3 is 5.11 Å². The Kier molecular flexibility index (Phi) is 3.32. The van der Waals surface area contributed by atoms with Crippen molar-refractivity contribution in [2.45, 2.75) is 19.8 Å². The molecule has 0 unspecified atom stereocenters. The Morgan fingerprint density at radius 1 is 1.15 bits per heavy atom. The summed E-state index contributed by atoms with van der Waals surface area (Å²) in [7, 11) is 0. The number of rotatable bonds is 3. The lowest BCUT2D eigenvalue weighted by Gasteiger charge is -2.07. The summed E-state index contributed by atoms with van der Waals surface area (Å²) in [6.07, 6.45) is 1.80. The maximum atomic E-state index is 10.3. The fraction of sp³-hybridized carbons (Fsp3) is 0.200. The van der Waals surface area contributed by atoms with Crippen LogP contribution in [0.5, 0.6) is 5.75 Å². The van der Waals surface area contributed by atoms with Gasteiger partial charge in [-0.15, -0.1) is 15.0 Å². The summed E-state index contributed by atoms with van der Waals surface area (Å²) >= 11 is 5.95. The zero-order chi connectivity index (χ0) is 14.1. The molecule has 5 heteroatoms. The molecular formula is C15H14ClN3O. The summed E-state index contributed by atoms with van der Waals surface area (Å²) in [6, 6.07) is 11.0. The zero-order valence-corrected chi connectivity index (χ0v) is 11.8. The zero-order valence-electron chi connectivity index (χ0n) is 11.0. The van der Waals surface area contributed by atoms with Crippen LogP contribution in [0.2, 0.25) is 5.02 Å². The van der Waals surface area contributed by atoms with Crippen molar-refractivity contribution in [2.24, 2.45) is 0 Å². The normalized spacial score (nSPS) is 11.1. The summed E-state index contributed by atoms with van der Waals surface area (Å²) < 4.78 is 0. The van der Waals surface area contributed by atoms with Crippen LogP contribution in [-0.2, 0) is 6.42 Å². The van der Waals surface area contributed by atoms with Gasteiger partial charge in [0.05, 0.1) is 0 Å². The quantitative estimate of drug-likeness (QED) is 0.798. The van der Waals surface area contributed by atoms with Crippen molar-refractivity contribution >= 4 is 22.6 Å². The lowest BCUT2D eigenvalue weighted by atomic mass is 10.1. The van der Waals surface area contributed by atoms with Gasteiger partial charge in [0.2, 0.25) is 0 Å². The van der Waals surface area contributed by atoms with Crippen LogP contribution < -0.4 is 0 Å². The Labute approximate surface area is 121 Å². The highest BCUT2D eigenvalue weighted by Gasteiger charge is 2.11. The van der Waals surface area contributed by atoms with Crippen LogP contribution in [0.4, 0.5) is 0 Å². The summed E-state index contributed by atoms with van der Waals surface area (Å²) in [5.41, 5.74) is 2.94. The minimum atomic E-state index is 0.237. The van der Waals surface area contributed by atoms with Crippen LogP contribution in [0.1, 0.15) is 18.9 Å². The molecule has 0 saturated carbocycles. The van der Waals surface area contributed by atoms with Gasteiger partial charge in [-0.2, -0.15) is 0 Å². The van der Waals surface area contributed by atoms with E-state index in [0.717, 1.165) is 23.9 Å². The minimum absolute atomic E-state index is 0.237. The molecule has 3 rings (SSSR count). The first kappa shape index (κ1) is 12.9. The number of phenols is 1. The maximum Gasteiger partial charge on any atom is 0.146 e. The topological polar surface area (TPSA) is 50.9 Å². The molecule has 20 heavy (non-hydrogen) atoms. The van der Waals surface area contributed by atoms with E-state index in [9.17, 15) is 5.11 Å². The molecule has 0 saturated heterocycles. The van der Waals surface area contributed by atoms with Crippen molar-refractivity contribution in [2.75, 3.05) is 0 Å². The lowest BCUT2D eigenvalue weighted by molar-refractivity contribution is 0.460. The number of phenolic OH excluding ortho intramolecular Hbond substituents is 1. The number of halogens is 1. The van der Waals surface area contributed by atoms with E-state index in [1.54, 1.807) is 18.2 Å². The number of aromatic hydroxyl groups is 1. The van der Waals surface area contributed by atoms with Crippen molar-refractivity contribution in [1.29, 1.82) is 0 Å². The Morgan fingerprint density at radius 2 is 1.95 bits per heavy atom. The van der Waals surface area contributed by atoms with Crippen LogP contribution in [-0.4, -0.2) is 20.1 Å². The molecule has 102 valence electrons. The average Bonchev–Trinajstić information content (AvgIpc) is 2.84. The molecule has 1 heterocycles. The molecule has 3 aromatic rings. The molecule has 0 radical (unpaired) electrons. The number of hydrogen-bond donors (Lipinski definition) is 1. The first-order chi connectivity index (χ1) is 9.69. The molecule has 0 aliphatic heterocycles. The molecule has 0 amide bonds. The number of benzene rings is 2. The smallest absolute Gasteiger partial charge is 0.146 e. The third-order valence-electron chi connectivity index (χ3n) is 3.18. The van der Waals surface area contributed by atoms with Gasteiger partial charge in [0.1, 0.15) is 22.5 Å². The summed E-state index contributed by atoms with van der Waals surface area (Å²) in [5.74, 6) is 0.237. The van der Waals surface area contributed by atoms with Crippen molar-refractivity contribution in [1.82, 2.24) is 15.0 Å². The highest BCUT2D eigenvalue weighted by molar-refractivity contribution is 6.31. The minimum Gasteiger partial charge on any atom is -0.505 e. The first-order valence-corrected chi connectivity index (χ1v) is 6.90. The van der Waals surface area contributed by atoms with E-state index in [1.165, 1.54) is 4.80 Å². The van der Waals surface area contributed by atoms with E-state index >= 15 is 0 Å². The Balaban J connectivity index is 2.13. The van der Waals surface area contributed by atoms with Gasteiger partial charge in [0, 0.05) is 5.02 Å². The number of aromatic nitrogens is 3. The van der Waals surface area contributed by atoms with Crippen molar-refractivity contribution in [3.8, 4) is 11.4 Å². The molecular weight excluding hydrogens is 274 g/mol. The number of hydrogen-bond acceptors (Lipinski definition) is 3. The summed E-state index contributed by atoms with van der Waals surface area (Å²) in [5, 5.41) is 19.7. The van der Waals surface area contributed by atoms with Gasteiger partial charge in [0.25, 0.3) is 0 Å². The van der Waals surface area contributed by atoms with E-state index in [4.69, 9.17) is 11.6 Å². The van der Waals surface area contributed by atoms with Crippen molar-refractivity contribution in [3.05, 3.63) is 47.0 Å². The third kappa shape index (κ3) is 2.23. The first-order valence-electron chi connectivity index (χ1n) is 6.53. The number of para-hydroxylation sites is 1. The van der Waals surface area contributed by atoms with Crippen LogP contribution in [0, 0.1) is 0 Å². The SMILES string of the molecule is CCCc1cccc(-n2nc3ccc(Cl)cc3n2)c1O. The number of fused-ring (bicyclic) bond motifs is 1. The van der Waals surface area contributed by atoms with Gasteiger partial charge in [-0.1, -0.05) is 37.1 Å². The van der Waals surface area contributed by atoms with Crippen LogP contribution in [0.15, 0.2) is 36.4 Å². The van der Waals surface area contributed by atoms with Crippen molar-refractivity contribution in [3.63, 3.8) is 0 Å². The van der Waals surface area contributed by atoms with Gasteiger partial charge in [-0.05, 0) is 36.2 Å². The number of nitrogens with zero attached hydrogens (tertiary/aromatic N) is 3. The highest BCUT2D eigenvalue weighted by atomic mass is 35.5. The van der Waals surface area contributed by atoms with E-state index in [-0.39, 0.29) is 5.75 Å². The molecule has 0 aliphatic rings. The van der Waals surface area contributed by atoms with Crippen LogP contribution >= 0.6 is 11.6 Å². The van der Waals surface area contributed by atoms with E-state index in [0.29, 0.717) is 16.2 Å². The number of aryl methyl sites for hydroxylation is 1. The molecule has 0 spiro atoms. The van der Waals surface area contributed by atoms with Crippen LogP contribution in [0.25, 0.3) is 16.7 Å². The second kappa shape index (κ2) is 5.13. The maximum absolute atomic E-state index is 10.3. The van der Waals surface area contributed by atoms with E-state index < -0.39 is 0 Å². The lowest BCUT2D eigenvalue weighted by Crippen LogP contribution is -2.00. The average molecular weight is 288 g/mol. The monoisotopic (exact) mass is 287 g/mol.